The maximum absolute atomic E-state index is 11.1. The Balaban J connectivity index is 2.32. The van der Waals surface area contributed by atoms with Crippen molar-refractivity contribution in [1.82, 2.24) is 4.98 Å². The summed E-state index contributed by atoms with van der Waals surface area (Å²) in [7, 11) is 0. The first-order valence-corrected chi connectivity index (χ1v) is 5.37. The fourth-order valence-electron chi connectivity index (χ4n) is 2.05. The molecule has 0 radical (unpaired) electrons. The summed E-state index contributed by atoms with van der Waals surface area (Å²) in [6.45, 7) is 1.32. The molecular formula is C11H15NO5. The highest BCUT2D eigenvalue weighted by Gasteiger charge is 2.43. The Kier molecular flexibility index (Phi) is 3.30. The number of pyridine rings is 1. The molecule has 2 heterocycles. The molecule has 0 bridgehead atoms. The second-order valence-electron chi connectivity index (χ2n) is 4.16. The maximum atomic E-state index is 11.1. The van der Waals surface area contributed by atoms with Crippen LogP contribution in [0.1, 0.15) is 17.4 Å². The van der Waals surface area contributed by atoms with Crippen molar-refractivity contribution in [3.63, 3.8) is 0 Å². The highest BCUT2D eigenvalue weighted by Crippen LogP contribution is 2.33. The van der Waals surface area contributed by atoms with Crippen LogP contribution in [0.5, 0.6) is 0 Å². The van der Waals surface area contributed by atoms with Crippen molar-refractivity contribution >= 4 is 0 Å². The van der Waals surface area contributed by atoms with Gasteiger partial charge in [-0.15, -0.1) is 0 Å². The van der Waals surface area contributed by atoms with Gasteiger partial charge in [0.25, 0.3) is 0 Å². The van der Waals surface area contributed by atoms with Crippen LogP contribution >= 0.6 is 0 Å². The molecule has 0 aliphatic carbocycles. The van der Waals surface area contributed by atoms with E-state index in [0.717, 1.165) is 0 Å². The van der Waals surface area contributed by atoms with Crippen molar-refractivity contribution in [2.75, 3.05) is 6.61 Å². The molecule has 4 atom stereocenters. The van der Waals surface area contributed by atoms with E-state index in [9.17, 15) is 15.0 Å². The van der Waals surface area contributed by atoms with Gasteiger partial charge in [-0.2, -0.15) is 0 Å². The number of H-pyrrole nitrogens is 1. The first-order chi connectivity index (χ1) is 8.04. The Bertz CT molecular complexity index is 457. The third-order valence-corrected chi connectivity index (χ3v) is 3.01. The Hall–Kier alpha value is -1.21. The van der Waals surface area contributed by atoms with Gasteiger partial charge in [0.1, 0.15) is 24.4 Å². The van der Waals surface area contributed by atoms with Crippen LogP contribution in [-0.2, 0) is 4.74 Å². The number of nitrogens with one attached hydrogen (secondary N) is 1. The summed E-state index contributed by atoms with van der Waals surface area (Å²) in [6.07, 6.45) is -3.78. The van der Waals surface area contributed by atoms with Gasteiger partial charge in [0.2, 0.25) is 5.56 Å². The summed E-state index contributed by atoms with van der Waals surface area (Å²) >= 11 is 0. The number of aromatic nitrogens is 1. The number of aromatic amines is 1. The number of ether oxygens (including phenoxy) is 1. The summed E-state index contributed by atoms with van der Waals surface area (Å²) in [6, 6.07) is 2.88. The van der Waals surface area contributed by atoms with E-state index in [1.165, 1.54) is 6.07 Å². The summed E-state index contributed by atoms with van der Waals surface area (Å²) in [5, 5.41) is 28.4. The zero-order valence-electron chi connectivity index (χ0n) is 9.33. The largest absolute Gasteiger partial charge is 0.394 e. The lowest BCUT2D eigenvalue weighted by Crippen LogP contribution is -2.32. The summed E-state index contributed by atoms with van der Waals surface area (Å²) in [4.78, 5) is 13.7. The van der Waals surface area contributed by atoms with E-state index >= 15 is 0 Å². The lowest BCUT2D eigenvalue weighted by Gasteiger charge is -2.16. The second-order valence-corrected chi connectivity index (χ2v) is 4.16. The molecule has 94 valence electrons. The molecule has 1 aliphatic heterocycles. The van der Waals surface area contributed by atoms with Gasteiger partial charge in [-0.1, -0.05) is 0 Å². The molecule has 1 saturated heterocycles. The van der Waals surface area contributed by atoms with E-state index < -0.39 is 24.4 Å². The fourth-order valence-corrected chi connectivity index (χ4v) is 2.05. The number of hydrogen-bond donors (Lipinski definition) is 4. The van der Waals surface area contributed by atoms with Crippen LogP contribution in [0.3, 0.4) is 0 Å². The quantitative estimate of drug-likeness (QED) is 0.523. The van der Waals surface area contributed by atoms with Gasteiger partial charge in [-0.05, 0) is 13.0 Å². The van der Waals surface area contributed by atoms with E-state index in [-0.39, 0.29) is 12.2 Å². The van der Waals surface area contributed by atoms with E-state index in [0.29, 0.717) is 11.3 Å². The van der Waals surface area contributed by atoms with Crippen LogP contribution in [0.25, 0.3) is 0 Å². The van der Waals surface area contributed by atoms with Gasteiger partial charge in [-0.3, -0.25) is 4.79 Å². The predicted octanol–water partition coefficient (Wildman–Crippen LogP) is -1.16. The van der Waals surface area contributed by atoms with Gasteiger partial charge >= 0.3 is 0 Å². The molecule has 17 heavy (non-hydrogen) atoms. The molecule has 1 aromatic rings. The van der Waals surface area contributed by atoms with Crippen LogP contribution in [0, 0.1) is 6.92 Å². The van der Waals surface area contributed by atoms with E-state index in [1.807, 2.05) is 0 Å². The standard InChI is InChI=1S/C11H15NO5/c1-5-6(2-3-8(14)12-5)11-10(16)9(15)7(4-13)17-11/h2-3,7,9-11,13,15-16H,4H2,1H3,(H,12,14)/t7-,9-,10+,11+/m1/s1. The Labute approximate surface area is 97.5 Å². The molecule has 6 nitrogen and oxygen atoms in total. The van der Waals surface area contributed by atoms with E-state index in [4.69, 9.17) is 9.84 Å². The zero-order chi connectivity index (χ0) is 12.6. The highest BCUT2D eigenvalue weighted by molar-refractivity contribution is 5.24. The van der Waals surface area contributed by atoms with Crippen molar-refractivity contribution in [2.45, 2.75) is 31.3 Å². The third kappa shape index (κ3) is 2.12. The van der Waals surface area contributed by atoms with Crippen molar-refractivity contribution in [1.29, 1.82) is 0 Å². The van der Waals surface area contributed by atoms with Crippen molar-refractivity contribution in [3.8, 4) is 0 Å². The van der Waals surface area contributed by atoms with Gasteiger partial charge in [0.15, 0.2) is 0 Å². The Morgan fingerprint density at radius 3 is 2.59 bits per heavy atom. The molecule has 6 heteroatoms. The van der Waals surface area contributed by atoms with E-state index in [1.54, 1.807) is 13.0 Å². The number of hydrogen-bond acceptors (Lipinski definition) is 5. The topological polar surface area (TPSA) is 103 Å². The van der Waals surface area contributed by atoms with Gasteiger partial charge in [0, 0.05) is 17.3 Å². The first-order valence-electron chi connectivity index (χ1n) is 5.37. The highest BCUT2D eigenvalue weighted by atomic mass is 16.6. The Morgan fingerprint density at radius 1 is 1.35 bits per heavy atom. The van der Waals surface area contributed by atoms with Crippen LogP contribution < -0.4 is 5.56 Å². The number of aliphatic hydroxyl groups excluding tert-OH is 3. The fraction of sp³-hybridized carbons (Fsp3) is 0.545. The zero-order valence-corrected chi connectivity index (χ0v) is 9.33. The van der Waals surface area contributed by atoms with Crippen LogP contribution in [0.15, 0.2) is 16.9 Å². The normalized spacial score (nSPS) is 32.9. The molecule has 0 unspecified atom stereocenters. The monoisotopic (exact) mass is 241 g/mol. The molecule has 4 N–H and O–H groups in total. The van der Waals surface area contributed by atoms with Crippen LogP contribution in [0.2, 0.25) is 0 Å². The predicted molar refractivity (Wildman–Crippen MR) is 58.5 cm³/mol. The number of rotatable bonds is 2. The minimum Gasteiger partial charge on any atom is -0.394 e. The lowest BCUT2D eigenvalue weighted by atomic mass is 10.0. The smallest absolute Gasteiger partial charge is 0.248 e. The van der Waals surface area contributed by atoms with Crippen LogP contribution in [0.4, 0.5) is 0 Å². The van der Waals surface area contributed by atoms with Gasteiger partial charge < -0.3 is 25.0 Å². The molecule has 1 aromatic heterocycles. The molecule has 0 aromatic carbocycles. The third-order valence-electron chi connectivity index (χ3n) is 3.01. The SMILES string of the molecule is Cc1[nH]c(=O)ccc1[C@@H]1O[C@H](CO)[C@@H](O)[C@@H]1O. The van der Waals surface area contributed by atoms with Crippen molar-refractivity contribution in [2.24, 2.45) is 0 Å². The molecule has 0 amide bonds. The maximum Gasteiger partial charge on any atom is 0.248 e. The average molecular weight is 241 g/mol. The number of aliphatic hydroxyl groups is 3. The Morgan fingerprint density at radius 2 is 2.06 bits per heavy atom. The lowest BCUT2D eigenvalue weighted by molar-refractivity contribution is -0.0230. The second kappa shape index (κ2) is 4.58. The molecular weight excluding hydrogens is 226 g/mol. The van der Waals surface area contributed by atoms with Gasteiger partial charge in [0.05, 0.1) is 6.61 Å². The average Bonchev–Trinajstić information content (AvgIpc) is 2.57. The number of aryl methyl sites for hydroxylation is 1. The molecule has 2 rings (SSSR count). The molecule has 0 saturated carbocycles. The van der Waals surface area contributed by atoms with Crippen molar-refractivity contribution in [3.05, 3.63) is 33.7 Å². The molecule has 1 fully saturated rings. The van der Waals surface area contributed by atoms with E-state index in [2.05, 4.69) is 4.98 Å². The minimum atomic E-state index is -1.13. The summed E-state index contributed by atoms with van der Waals surface area (Å²) in [5.74, 6) is 0. The summed E-state index contributed by atoms with van der Waals surface area (Å²) < 4.78 is 5.37. The first kappa shape index (κ1) is 12.3. The van der Waals surface area contributed by atoms with Gasteiger partial charge in [-0.25, -0.2) is 0 Å². The molecule has 0 spiro atoms. The molecule has 1 aliphatic rings. The summed E-state index contributed by atoms with van der Waals surface area (Å²) in [5.41, 5.74) is 0.942. The minimum absolute atomic E-state index is 0.238. The van der Waals surface area contributed by atoms with Crippen LogP contribution in [-0.4, -0.2) is 45.2 Å². The van der Waals surface area contributed by atoms with Crippen molar-refractivity contribution < 1.29 is 20.1 Å².